The Morgan fingerprint density at radius 2 is 1.69 bits per heavy atom. The first-order chi connectivity index (χ1) is 16.5. The number of alkyl halides is 3. The molecule has 10 heteroatoms. The number of nitrogens with zero attached hydrogens (tertiary/aromatic N) is 2. The molecule has 3 aromatic carbocycles. The zero-order chi connectivity index (χ0) is 25.3. The van der Waals surface area contributed by atoms with Crippen molar-refractivity contribution in [3.05, 3.63) is 89.6 Å². The normalized spacial score (nSPS) is 13.5. The fourth-order valence-electron chi connectivity index (χ4n) is 3.74. The number of carbonyl (C=O) groups excluding carboxylic acids is 1. The summed E-state index contributed by atoms with van der Waals surface area (Å²) in [6.45, 7) is 3.02. The predicted molar refractivity (Wildman–Crippen MR) is 119 cm³/mol. The Hall–Kier alpha value is -3.95. The Kier molecular flexibility index (Phi) is 6.47. The average Bonchev–Trinajstić information content (AvgIpc) is 3.22. The van der Waals surface area contributed by atoms with E-state index in [4.69, 9.17) is 4.74 Å². The zero-order valence-electron chi connectivity index (χ0n) is 18.6. The molecular weight excluding hydrogens is 469 g/mol. The largest absolute Gasteiger partial charge is 0.484 e. The molecule has 4 aromatic rings. The topological polar surface area (TPSA) is 56.1 Å². The van der Waals surface area contributed by atoms with Crippen LogP contribution in [-0.2, 0) is 4.79 Å². The summed E-state index contributed by atoms with van der Waals surface area (Å²) in [5, 5.41) is 6.85. The third kappa shape index (κ3) is 5.26. The molecule has 2 unspecified atom stereocenters. The maximum absolute atomic E-state index is 14.0. The minimum atomic E-state index is -5.08. The molecule has 5 nitrogen and oxygen atoms in total. The number of hydrogen-bond acceptors (Lipinski definition) is 3. The van der Waals surface area contributed by atoms with Crippen molar-refractivity contribution in [2.24, 2.45) is 0 Å². The SMILES string of the molecule is Cc1ccc(F)cc1C(Oc1ccc2c(cnn2-c2ccc(F)cc2)c1)C(C)NC(=O)C(F)(F)F. The van der Waals surface area contributed by atoms with Gasteiger partial charge >= 0.3 is 12.1 Å². The van der Waals surface area contributed by atoms with Gasteiger partial charge in [-0.2, -0.15) is 18.3 Å². The summed E-state index contributed by atoms with van der Waals surface area (Å²) < 4.78 is 73.4. The van der Waals surface area contributed by atoms with Gasteiger partial charge in [-0.3, -0.25) is 4.79 Å². The Labute approximate surface area is 197 Å². The van der Waals surface area contributed by atoms with Crippen molar-refractivity contribution in [1.29, 1.82) is 0 Å². The molecule has 1 N–H and O–H groups in total. The van der Waals surface area contributed by atoms with Gasteiger partial charge in [-0.25, -0.2) is 13.5 Å². The smallest absolute Gasteiger partial charge is 0.471 e. The summed E-state index contributed by atoms with van der Waals surface area (Å²) in [6, 6.07) is 13.4. The molecule has 1 heterocycles. The number of rotatable bonds is 6. The number of carbonyl (C=O) groups is 1. The van der Waals surface area contributed by atoms with Crippen LogP contribution in [0.3, 0.4) is 0 Å². The van der Waals surface area contributed by atoms with Crippen LogP contribution in [0, 0.1) is 18.6 Å². The van der Waals surface area contributed by atoms with Gasteiger partial charge in [0, 0.05) is 10.9 Å². The van der Waals surface area contributed by atoms with Gasteiger partial charge in [0.2, 0.25) is 0 Å². The lowest BCUT2D eigenvalue weighted by Gasteiger charge is -2.28. The van der Waals surface area contributed by atoms with Crippen molar-refractivity contribution in [2.45, 2.75) is 32.2 Å². The number of aromatic nitrogens is 2. The van der Waals surface area contributed by atoms with E-state index >= 15 is 0 Å². The fourth-order valence-corrected chi connectivity index (χ4v) is 3.74. The number of halogens is 5. The van der Waals surface area contributed by atoms with Crippen LogP contribution in [0.5, 0.6) is 5.75 Å². The first-order valence-electron chi connectivity index (χ1n) is 10.6. The van der Waals surface area contributed by atoms with E-state index in [9.17, 15) is 26.7 Å². The highest BCUT2D eigenvalue weighted by Gasteiger charge is 2.40. The standard InChI is InChI=1S/C25H20F5N3O2/c1-14-3-4-18(27)12-21(14)23(15(2)32-24(34)25(28,29)30)35-20-9-10-22-16(11-20)13-31-33(22)19-7-5-17(26)6-8-19/h3-13,15,23H,1-2H3,(H,32,34). The lowest BCUT2D eigenvalue weighted by Crippen LogP contribution is -2.45. The Balaban J connectivity index is 1.68. The van der Waals surface area contributed by atoms with Gasteiger partial charge in [-0.1, -0.05) is 6.07 Å². The summed E-state index contributed by atoms with van der Waals surface area (Å²) in [6.07, 6.45) is -4.64. The molecule has 0 aliphatic heterocycles. The Morgan fingerprint density at radius 1 is 1.00 bits per heavy atom. The van der Waals surface area contributed by atoms with Crippen LogP contribution in [0.2, 0.25) is 0 Å². The molecule has 0 bridgehead atoms. The van der Waals surface area contributed by atoms with Crippen molar-refractivity contribution < 1.29 is 31.5 Å². The second-order valence-electron chi connectivity index (χ2n) is 8.05. The predicted octanol–water partition coefficient (Wildman–Crippen LogP) is 5.80. The minimum Gasteiger partial charge on any atom is -0.484 e. The van der Waals surface area contributed by atoms with E-state index in [0.717, 1.165) is 0 Å². The fraction of sp³-hybridized carbons (Fsp3) is 0.200. The van der Waals surface area contributed by atoms with Crippen molar-refractivity contribution in [3.8, 4) is 11.4 Å². The molecule has 0 aliphatic carbocycles. The lowest BCUT2D eigenvalue weighted by atomic mass is 9.98. The van der Waals surface area contributed by atoms with Gasteiger partial charge in [-0.15, -0.1) is 0 Å². The minimum absolute atomic E-state index is 0.276. The Bertz CT molecular complexity index is 1370. The highest BCUT2D eigenvalue weighted by atomic mass is 19.4. The number of nitrogens with one attached hydrogen (secondary N) is 1. The zero-order valence-corrected chi connectivity index (χ0v) is 18.6. The van der Waals surface area contributed by atoms with Crippen LogP contribution in [0.1, 0.15) is 24.2 Å². The summed E-state index contributed by atoms with van der Waals surface area (Å²) in [7, 11) is 0. The second kappa shape index (κ2) is 9.36. The maximum Gasteiger partial charge on any atom is 0.471 e. The van der Waals surface area contributed by atoms with Crippen LogP contribution in [0.25, 0.3) is 16.6 Å². The lowest BCUT2D eigenvalue weighted by molar-refractivity contribution is -0.174. The third-order valence-electron chi connectivity index (χ3n) is 5.49. The van der Waals surface area contributed by atoms with Crippen LogP contribution >= 0.6 is 0 Å². The number of aryl methyl sites for hydroxylation is 1. The first-order valence-corrected chi connectivity index (χ1v) is 10.6. The molecule has 4 rings (SSSR count). The monoisotopic (exact) mass is 489 g/mol. The third-order valence-corrected chi connectivity index (χ3v) is 5.49. The van der Waals surface area contributed by atoms with E-state index in [1.165, 1.54) is 37.3 Å². The van der Waals surface area contributed by atoms with Gasteiger partial charge in [0.1, 0.15) is 23.5 Å². The van der Waals surface area contributed by atoms with E-state index < -0.39 is 30.0 Å². The molecule has 0 saturated carbocycles. The van der Waals surface area contributed by atoms with Crippen molar-refractivity contribution >= 4 is 16.8 Å². The molecule has 0 spiro atoms. The number of fused-ring (bicyclic) bond motifs is 1. The molecule has 0 aliphatic rings. The molecule has 0 fully saturated rings. The molecule has 2 atom stereocenters. The first kappa shape index (κ1) is 24.2. The van der Waals surface area contributed by atoms with E-state index in [0.29, 0.717) is 27.7 Å². The summed E-state index contributed by atoms with van der Waals surface area (Å²) in [5.41, 5.74) is 2.18. The molecule has 1 aromatic heterocycles. The molecule has 182 valence electrons. The highest BCUT2D eigenvalue weighted by molar-refractivity contribution is 5.82. The Morgan fingerprint density at radius 3 is 2.37 bits per heavy atom. The van der Waals surface area contributed by atoms with E-state index in [1.807, 2.05) is 5.32 Å². The van der Waals surface area contributed by atoms with Gasteiger partial charge in [0.15, 0.2) is 0 Å². The van der Waals surface area contributed by atoms with Crippen LogP contribution in [0.4, 0.5) is 22.0 Å². The quantitative estimate of drug-likeness (QED) is 0.349. The molecule has 1 amide bonds. The molecular formula is C25H20F5N3O2. The van der Waals surface area contributed by atoms with Crippen LogP contribution in [-0.4, -0.2) is 27.9 Å². The second-order valence-corrected chi connectivity index (χ2v) is 8.05. The van der Waals surface area contributed by atoms with E-state index in [-0.39, 0.29) is 11.6 Å². The van der Waals surface area contributed by atoms with Gasteiger partial charge < -0.3 is 10.1 Å². The number of hydrogen-bond donors (Lipinski definition) is 1. The van der Waals surface area contributed by atoms with Crippen molar-refractivity contribution in [3.63, 3.8) is 0 Å². The summed E-state index contributed by atoms with van der Waals surface area (Å²) >= 11 is 0. The van der Waals surface area contributed by atoms with Crippen LogP contribution < -0.4 is 10.1 Å². The van der Waals surface area contributed by atoms with Crippen LogP contribution in [0.15, 0.2) is 66.9 Å². The molecule has 35 heavy (non-hydrogen) atoms. The maximum atomic E-state index is 14.0. The van der Waals surface area contributed by atoms with Gasteiger partial charge in [-0.05, 0) is 74.0 Å². The van der Waals surface area contributed by atoms with Gasteiger partial charge in [0.25, 0.3) is 0 Å². The number of amides is 1. The van der Waals surface area contributed by atoms with Crippen molar-refractivity contribution in [1.82, 2.24) is 15.1 Å². The summed E-state index contributed by atoms with van der Waals surface area (Å²) in [5.74, 6) is -2.82. The number of ether oxygens (including phenoxy) is 1. The van der Waals surface area contributed by atoms with E-state index in [2.05, 4.69) is 5.10 Å². The van der Waals surface area contributed by atoms with Crippen molar-refractivity contribution in [2.75, 3.05) is 0 Å². The number of benzene rings is 3. The van der Waals surface area contributed by atoms with E-state index in [1.54, 1.807) is 48.1 Å². The highest BCUT2D eigenvalue weighted by Crippen LogP contribution is 2.31. The van der Waals surface area contributed by atoms with Gasteiger partial charge in [0.05, 0.1) is 23.4 Å². The molecule has 0 saturated heterocycles. The average molecular weight is 489 g/mol. The molecule has 0 radical (unpaired) electrons. The summed E-state index contributed by atoms with van der Waals surface area (Å²) in [4.78, 5) is 11.5.